The van der Waals surface area contributed by atoms with E-state index in [9.17, 15) is 0 Å². The SMILES string of the molecule is CC1(C)c2ccccc2-c2cccc(N(c3ccc(-c4cccc5oc6ccccc6c45)cc3)c3ccccc3-c3cccc(-c4ccc5c(c4)-c4ccccc4C5(c4ccccc4)c4ccccc4)c3)c21. The monoisotopic (exact) mass is 919 g/mol. The van der Waals surface area contributed by atoms with E-state index in [1.54, 1.807) is 0 Å². The Morgan fingerprint density at radius 2 is 0.861 bits per heavy atom. The molecule has 0 atom stereocenters. The van der Waals surface area contributed by atoms with Crippen molar-refractivity contribution in [3.8, 4) is 55.6 Å². The van der Waals surface area contributed by atoms with Crippen LogP contribution in [0.4, 0.5) is 17.1 Å². The molecule has 12 aromatic rings. The van der Waals surface area contributed by atoms with Crippen molar-refractivity contribution in [2.45, 2.75) is 24.7 Å². The number of hydrogen-bond donors (Lipinski definition) is 0. The van der Waals surface area contributed by atoms with Crippen molar-refractivity contribution in [3.63, 3.8) is 0 Å². The molecule has 0 unspecified atom stereocenters. The van der Waals surface area contributed by atoms with E-state index in [-0.39, 0.29) is 5.41 Å². The third kappa shape index (κ3) is 6.22. The lowest BCUT2D eigenvalue weighted by molar-refractivity contribution is 0.661. The van der Waals surface area contributed by atoms with Crippen LogP contribution < -0.4 is 4.90 Å². The van der Waals surface area contributed by atoms with Crippen LogP contribution in [0.2, 0.25) is 0 Å². The molecule has 2 aliphatic carbocycles. The molecule has 0 saturated carbocycles. The molecule has 0 fully saturated rings. The molecule has 0 N–H and O–H groups in total. The second-order valence-electron chi connectivity index (χ2n) is 19.9. The van der Waals surface area contributed by atoms with Crippen LogP contribution in [0.3, 0.4) is 0 Å². The summed E-state index contributed by atoms with van der Waals surface area (Å²) < 4.78 is 6.34. The Hall–Kier alpha value is -8.98. The third-order valence-electron chi connectivity index (χ3n) is 15.7. The van der Waals surface area contributed by atoms with E-state index < -0.39 is 5.41 Å². The molecule has 340 valence electrons. The summed E-state index contributed by atoms with van der Waals surface area (Å²) in [5, 5.41) is 2.27. The molecule has 11 aromatic carbocycles. The first kappa shape index (κ1) is 41.9. The molecule has 72 heavy (non-hydrogen) atoms. The Bertz CT molecular complexity index is 4030. The Morgan fingerprint density at radius 1 is 0.333 bits per heavy atom. The largest absolute Gasteiger partial charge is 0.456 e. The molecule has 2 heteroatoms. The first-order chi connectivity index (χ1) is 35.5. The lowest BCUT2D eigenvalue weighted by Gasteiger charge is -2.34. The Kier molecular flexibility index (Phi) is 9.50. The number of rotatable bonds is 8. The van der Waals surface area contributed by atoms with Crippen molar-refractivity contribution >= 4 is 39.0 Å². The van der Waals surface area contributed by atoms with Crippen LogP contribution in [-0.2, 0) is 10.8 Å². The van der Waals surface area contributed by atoms with Crippen molar-refractivity contribution in [1.82, 2.24) is 0 Å². The summed E-state index contributed by atoms with van der Waals surface area (Å²) in [6.07, 6.45) is 0. The number of nitrogens with zero attached hydrogens (tertiary/aromatic N) is 1. The molecule has 0 aliphatic heterocycles. The molecule has 0 bridgehead atoms. The molecule has 0 saturated heterocycles. The van der Waals surface area contributed by atoms with Gasteiger partial charge in [-0.2, -0.15) is 0 Å². The van der Waals surface area contributed by atoms with Crippen LogP contribution in [0, 0.1) is 0 Å². The van der Waals surface area contributed by atoms with Crippen molar-refractivity contribution in [2.24, 2.45) is 0 Å². The smallest absolute Gasteiger partial charge is 0.136 e. The number of furan rings is 1. The molecule has 2 nitrogen and oxygen atoms in total. The van der Waals surface area contributed by atoms with E-state index in [1.165, 1.54) is 72.4 Å². The number of fused-ring (bicyclic) bond motifs is 9. The Morgan fingerprint density at radius 3 is 1.64 bits per heavy atom. The highest BCUT2D eigenvalue weighted by Crippen LogP contribution is 2.58. The van der Waals surface area contributed by atoms with Crippen molar-refractivity contribution < 1.29 is 4.42 Å². The van der Waals surface area contributed by atoms with E-state index in [2.05, 4.69) is 274 Å². The number of hydrogen-bond acceptors (Lipinski definition) is 2. The highest BCUT2D eigenvalue weighted by molar-refractivity contribution is 6.12. The van der Waals surface area contributed by atoms with Crippen LogP contribution in [0.25, 0.3) is 77.6 Å². The second kappa shape index (κ2) is 16.3. The first-order valence-corrected chi connectivity index (χ1v) is 25.1. The lowest BCUT2D eigenvalue weighted by atomic mass is 9.67. The van der Waals surface area contributed by atoms with Gasteiger partial charge in [0.05, 0.1) is 16.8 Å². The fraction of sp³-hybridized carbons (Fsp3) is 0.0571. The van der Waals surface area contributed by atoms with Gasteiger partial charge in [-0.3, -0.25) is 0 Å². The van der Waals surface area contributed by atoms with Crippen molar-refractivity contribution in [1.29, 1.82) is 0 Å². The summed E-state index contributed by atoms with van der Waals surface area (Å²) in [5.74, 6) is 0. The zero-order chi connectivity index (χ0) is 48.0. The predicted octanol–water partition coefficient (Wildman–Crippen LogP) is 18.7. The van der Waals surface area contributed by atoms with Crippen LogP contribution in [-0.4, -0.2) is 0 Å². The summed E-state index contributed by atoms with van der Waals surface area (Å²) in [5.41, 5.74) is 24.5. The van der Waals surface area contributed by atoms with E-state index in [0.717, 1.165) is 55.6 Å². The normalized spacial score (nSPS) is 13.6. The molecule has 0 radical (unpaired) electrons. The van der Waals surface area contributed by atoms with Crippen LogP contribution in [0.5, 0.6) is 0 Å². The minimum absolute atomic E-state index is 0.238. The molecule has 0 spiro atoms. The highest BCUT2D eigenvalue weighted by atomic mass is 16.3. The minimum atomic E-state index is -0.441. The van der Waals surface area contributed by atoms with Gasteiger partial charge in [-0.1, -0.05) is 226 Å². The minimum Gasteiger partial charge on any atom is -0.456 e. The molecular formula is C70H49NO. The van der Waals surface area contributed by atoms with Crippen molar-refractivity contribution in [3.05, 3.63) is 294 Å². The van der Waals surface area contributed by atoms with Crippen LogP contribution in [0.1, 0.15) is 47.2 Å². The van der Waals surface area contributed by atoms with Gasteiger partial charge in [0.15, 0.2) is 0 Å². The molecule has 14 rings (SSSR count). The summed E-state index contributed by atoms with van der Waals surface area (Å²) in [6.45, 7) is 4.76. The topological polar surface area (TPSA) is 16.4 Å². The third-order valence-corrected chi connectivity index (χ3v) is 15.7. The maximum absolute atomic E-state index is 6.34. The summed E-state index contributed by atoms with van der Waals surface area (Å²) in [4.78, 5) is 2.51. The second-order valence-corrected chi connectivity index (χ2v) is 19.9. The van der Waals surface area contributed by atoms with Gasteiger partial charge >= 0.3 is 0 Å². The Balaban J connectivity index is 0.922. The van der Waals surface area contributed by atoms with Gasteiger partial charge in [-0.15, -0.1) is 0 Å². The number of para-hydroxylation sites is 2. The van der Waals surface area contributed by atoms with Crippen LogP contribution >= 0.6 is 0 Å². The first-order valence-electron chi connectivity index (χ1n) is 25.1. The summed E-state index contributed by atoms with van der Waals surface area (Å²) >= 11 is 0. The Labute approximate surface area is 420 Å². The zero-order valence-electron chi connectivity index (χ0n) is 40.2. The standard InChI is InChI=1S/C70H49NO/c1-69(2)60-32-13-9-27-55(60)57-31-18-35-64(68(57)69)71(52-41-38-46(39-42-52)54-30-19-37-66-67(54)58-29-12-16-36-65(58)72-66)63-34-15-11-26-53(63)49-21-17-20-47(44-49)48-40-43-62-59(45-48)56-28-10-14-33-61(56)70(62,50-22-5-3-6-23-50)51-24-7-4-8-25-51/h3-45H,1-2H3. The van der Waals surface area contributed by atoms with E-state index in [1.807, 2.05) is 6.07 Å². The maximum Gasteiger partial charge on any atom is 0.136 e. The zero-order valence-corrected chi connectivity index (χ0v) is 40.2. The maximum atomic E-state index is 6.34. The summed E-state index contributed by atoms with van der Waals surface area (Å²) in [7, 11) is 0. The van der Waals surface area contributed by atoms with Crippen LogP contribution in [0.15, 0.2) is 265 Å². The number of benzene rings is 11. The average molecular weight is 920 g/mol. The van der Waals surface area contributed by atoms with E-state index in [4.69, 9.17) is 4.42 Å². The fourth-order valence-corrected chi connectivity index (χ4v) is 12.6. The average Bonchev–Trinajstić information content (AvgIpc) is 4.06. The van der Waals surface area contributed by atoms with Gasteiger partial charge in [0.2, 0.25) is 0 Å². The molecular weight excluding hydrogens is 871 g/mol. The quantitative estimate of drug-likeness (QED) is 0.151. The van der Waals surface area contributed by atoms with Gasteiger partial charge in [0.25, 0.3) is 0 Å². The molecule has 1 aromatic heterocycles. The summed E-state index contributed by atoms with van der Waals surface area (Å²) in [6, 6.07) is 96.0. The fourth-order valence-electron chi connectivity index (χ4n) is 12.6. The van der Waals surface area contributed by atoms with Gasteiger partial charge in [-0.05, 0) is 132 Å². The van der Waals surface area contributed by atoms with E-state index >= 15 is 0 Å². The van der Waals surface area contributed by atoms with Gasteiger partial charge in [0, 0.05) is 27.4 Å². The lowest BCUT2D eigenvalue weighted by Crippen LogP contribution is -2.28. The van der Waals surface area contributed by atoms with Gasteiger partial charge in [-0.25, -0.2) is 0 Å². The van der Waals surface area contributed by atoms with Gasteiger partial charge in [0.1, 0.15) is 11.2 Å². The number of anilines is 3. The molecule has 2 aliphatic rings. The molecule has 0 amide bonds. The van der Waals surface area contributed by atoms with Gasteiger partial charge < -0.3 is 9.32 Å². The van der Waals surface area contributed by atoms with Crippen molar-refractivity contribution in [2.75, 3.05) is 4.90 Å². The van der Waals surface area contributed by atoms with E-state index in [0.29, 0.717) is 0 Å². The highest BCUT2D eigenvalue weighted by Gasteiger charge is 2.46. The predicted molar refractivity (Wildman–Crippen MR) is 300 cm³/mol. The molecule has 1 heterocycles.